The lowest BCUT2D eigenvalue weighted by atomic mass is 9.84. The van der Waals surface area contributed by atoms with Gasteiger partial charge in [0.2, 0.25) is 0 Å². The third kappa shape index (κ3) is 8.00. The molecule has 3 aromatic rings. The third-order valence-corrected chi connectivity index (χ3v) is 8.74. The Hall–Kier alpha value is -3.12. The highest BCUT2D eigenvalue weighted by atomic mass is 35.5. The van der Waals surface area contributed by atoms with Crippen molar-refractivity contribution in [2.45, 2.75) is 69.7 Å². The first-order valence-electron chi connectivity index (χ1n) is 13.8. The number of halogens is 4. The van der Waals surface area contributed by atoms with Gasteiger partial charge in [-0.05, 0) is 44.9 Å². The van der Waals surface area contributed by atoms with Crippen LogP contribution in [0, 0.1) is 5.82 Å². The SMILES string of the molecule is CC(C)OCc1nn(-c2ncccc2F)cc1CN1CCC2(CC1)OCC(F)(F)c1cc(Cl)sc12.O=C(O)[C@H](O)[C@@H](O)C(=O)O. The van der Waals surface area contributed by atoms with E-state index in [2.05, 4.69) is 15.0 Å². The van der Waals surface area contributed by atoms with E-state index in [1.807, 2.05) is 13.8 Å². The Labute approximate surface area is 264 Å². The maximum absolute atomic E-state index is 14.4. The topological polar surface area (TPSA) is 167 Å². The van der Waals surface area contributed by atoms with Crippen LogP contribution in [0.15, 0.2) is 30.6 Å². The van der Waals surface area contributed by atoms with Crippen LogP contribution in [0.2, 0.25) is 4.34 Å². The third-order valence-electron chi connectivity index (χ3n) is 7.29. The van der Waals surface area contributed by atoms with Gasteiger partial charge in [0, 0.05) is 48.0 Å². The average molecular weight is 677 g/mol. The molecule has 5 heterocycles. The Morgan fingerprint density at radius 1 is 1.18 bits per heavy atom. The van der Waals surface area contributed by atoms with Gasteiger partial charge in [0.1, 0.15) is 12.2 Å². The predicted molar refractivity (Wildman–Crippen MR) is 154 cm³/mol. The largest absolute Gasteiger partial charge is 0.479 e. The molecule has 2 aliphatic rings. The van der Waals surface area contributed by atoms with Gasteiger partial charge in [-0.3, -0.25) is 4.90 Å². The van der Waals surface area contributed by atoms with Crippen LogP contribution in [0.5, 0.6) is 0 Å². The summed E-state index contributed by atoms with van der Waals surface area (Å²) in [5.74, 6) is -6.90. The number of thiophene rings is 1. The number of carboxylic acids is 2. The predicted octanol–water partition coefficient (Wildman–Crippen LogP) is 3.54. The van der Waals surface area contributed by atoms with Gasteiger partial charge in [0.05, 0.1) is 22.7 Å². The molecule has 1 spiro atoms. The second kappa shape index (κ2) is 14.1. The number of aliphatic hydroxyl groups excluding tert-OH is 2. The lowest BCUT2D eigenvalue weighted by molar-refractivity contribution is -0.182. The van der Waals surface area contributed by atoms with E-state index in [1.54, 1.807) is 6.20 Å². The van der Waals surface area contributed by atoms with Crippen molar-refractivity contribution in [3.05, 3.63) is 62.4 Å². The van der Waals surface area contributed by atoms with Crippen molar-refractivity contribution in [2.75, 3.05) is 19.7 Å². The minimum atomic E-state index is -3.03. The van der Waals surface area contributed by atoms with E-state index in [-0.39, 0.29) is 17.5 Å². The number of ether oxygens (including phenoxy) is 2. The van der Waals surface area contributed by atoms with Crippen molar-refractivity contribution >= 4 is 34.9 Å². The molecule has 0 aromatic carbocycles. The van der Waals surface area contributed by atoms with E-state index >= 15 is 0 Å². The molecule has 1 saturated heterocycles. The molecule has 0 bridgehead atoms. The Morgan fingerprint density at radius 3 is 2.40 bits per heavy atom. The number of aliphatic carboxylic acids is 2. The molecule has 3 aromatic heterocycles. The molecule has 2 aliphatic heterocycles. The van der Waals surface area contributed by atoms with Gasteiger partial charge in [0.25, 0.3) is 5.92 Å². The number of hydrogen-bond acceptors (Lipinski definition) is 10. The number of carboxylic acid groups (broad SMARTS) is 2. The molecule has 0 aliphatic carbocycles. The van der Waals surface area contributed by atoms with Crippen LogP contribution in [0.25, 0.3) is 5.82 Å². The van der Waals surface area contributed by atoms with Crippen molar-refractivity contribution in [3.8, 4) is 5.82 Å². The molecular formula is C28H32ClF3N4O8S. The van der Waals surface area contributed by atoms with Crippen LogP contribution >= 0.6 is 22.9 Å². The maximum Gasteiger partial charge on any atom is 0.335 e. The van der Waals surface area contributed by atoms with Gasteiger partial charge in [-0.15, -0.1) is 11.3 Å². The Balaban J connectivity index is 0.000000399. The Kier molecular flexibility index (Phi) is 10.9. The van der Waals surface area contributed by atoms with Crippen molar-refractivity contribution in [2.24, 2.45) is 0 Å². The van der Waals surface area contributed by atoms with Crippen molar-refractivity contribution < 1.29 is 52.7 Å². The maximum atomic E-state index is 14.4. The summed E-state index contributed by atoms with van der Waals surface area (Å²) in [6.45, 7) is 5.40. The smallest absolute Gasteiger partial charge is 0.335 e. The van der Waals surface area contributed by atoms with Crippen molar-refractivity contribution in [1.82, 2.24) is 19.7 Å². The molecule has 4 N–H and O–H groups in total. The van der Waals surface area contributed by atoms with Crippen LogP contribution in [-0.2, 0) is 43.7 Å². The van der Waals surface area contributed by atoms with E-state index in [0.29, 0.717) is 54.0 Å². The summed E-state index contributed by atoms with van der Waals surface area (Å²) in [6.07, 6.45) is -0.0595. The molecule has 246 valence electrons. The number of alkyl halides is 2. The number of aromatic nitrogens is 3. The summed E-state index contributed by atoms with van der Waals surface area (Å²) in [6, 6.07) is 4.26. The second-order valence-corrected chi connectivity index (χ2v) is 12.5. The number of fused-ring (bicyclic) bond motifs is 2. The Morgan fingerprint density at radius 2 is 1.82 bits per heavy atom. The molecule has 1 fully saturated rings. The summed E-state index contributed by atoms with van der Waals surface area (Å²) >= 11 is 7.30. The number of pyridine rings is 1. The normalized spacial score (nSPS) is 18.6. The van der Waals surface area contributed by atoms with Gasteiger partial charge in [-0.1, -0.05) is 11.6 Å². The van der Waals surface area contributed by atoms with Gasteiger partial charge >= 0.3 is 11.9 Å². The fourth-order valence-corrected chi connectivity index (χ4v) is 6.38. The Bertz CT molecular complexity index is 1490. The zero-order valence-electron chi connectivity index (χ0n) is 24.2. The van der Waals surface area contributed by atoms with Crippen LogP contribution < -0.4 is 0 Å². The molecule has 5 rings (SSSR count). The molecular weight excluding hydrogens is 645 g/mol. The lowest BCUT2D eigenvalue weighted by Crippen LogP contribution is -2.48. The van der Waals surface area contributed by atoms with E-state index in [9.17, 15) is 22.8 Å². The summed E-state index contributed by atoms with van der Waals surface area (Å²) in [4.78, 5) is 26.4. The average Bonchev–Trinajstić information content (AvgIpc) is 3.59. The van der Waals surface area contributed by atoms with Crippen molar-refractivity contribution in [1.29, 1.82) is 0 Å². The van der Waals surface area contributed by atoms with Crippen molar-refractivity contribution in [3.63, 3.8) is 0 Å². The highest BCUT2D eigenvalue weighted by molar-refractivity contribution is 7.16. The van der Waals surface area contributed by atoms with Gasteiger partial charge < -0.3 is 29.9 Å². The van der Waals surface area contributed by atoms with Crippen LogP contribution in [-0.4, -0.2) is 90.0 Å². The van der Waals surface area contributed by atoms with Crippen LogP contribution in [0.1, 0.15) is 48.4 Å². The minimum absolute atomic E-state index is 0.000940. The van der Waals surface area contributed by atoms with E-state index in [4.69, 9.17) is 41.5 Å². The summed E-state index contributed by atoms with van der Waals surface area (Å²) in [5.41, 5.74) is 0.877. The first-order chi connectivity index (χ1) is 21.1. The van der Waals surface area contributed by atoms with Crippen LogP contribution in [0.4, 0.5) is 13.2 Å². The van der Waals surface area contributed by atoms with Gasteiger partial charge in [0.15, 0.2) is 23.8 Å². The minimum Gasteiger partial charge on any atom is -0.479 e. The molecule has 17 heteroatoms. The second-order valence-electron chi connectivity index (χ2n) is 10.8. The molecule has 45 heavy (non-hydrogen) atoms. The molecule has 12 nitrogen and oxygen atoms in total. The highest BCUT2D eigenvalue weighted by Gasteiger charge is 2.51. The fraction of sp³-hybridized carbons (Fsp3) is 0.500. The van der Waals surface area contributed by atoms with E-state index in [0.717, 1.165) is 5.56 Å². The molecule has 0 radical (unpaired) electrons. The van der Waals surface area contributed by atoms with Crippen LogP contribution in [0.3, 0.4) is 0 Å². The molecule has 0 saturated carbocycles. The van der Waals surface area contributed by atoms with E-state index < -0.39 is 48.1 Å². The number of piperidine rings is 1. The van der Waals surface area contributed by atoms with Gasteiger partial charge in [-0.2, -0.15) is 13.9 Å². The zero-order chi connectivity index (χ0) is 33.1. The highest BCUT2D eigenvalue weighted by Crippen LogP contribution is 2.52. The summed E-state index contributed by atoms with van der Waals surface area (Å²) < 4.78 is 56.6. The molecule has 0 amide bonds. The summed E-state index contributed by atoms with van der Waals surface area (Å²) in [7, 11) is 0. The van der Waals surface area contributed by atoms with Gasteiger partial charge in [-0.25, -0.2) is 23.6 Å². The molecule has 0 unspecified atom stereocenters. The number of aliphatic hydroxyl groups is 2. The zero-order valence-corrected chi connectivity index (χ0v) is 25.8. The number of rotatable bonds is 9. The quantitative estimate of drug-likeness (QED) is 0.262. The summed E-state index contributed by atoms with van der Waals surface area (Å²) in [5, 5.41) is 37.1. The first kappa shape index (κ1) is 34.7. The first-order valence-corrected chi connectivity index (χ1v) is 15.0. The molecule has 2 atom stereocenters. The number of carbonyl (C=O) groups is 2. The monoisotopic (exact) mass is 676 g/mol. The lowest BCUT2D eigenvalue weighted by Gasteiger charge is -2.45. The van der Waals surface area contributed by atoms with E-state index in [1.165, 1.54) is 40.4 Å². The number of nitrogens with zero attached hydrogens (tertiary/aromatic N) is 4. The standard InChI is InChI=1S/C24H26ClF3N4O2S.C4H6O6/c1-15(2)33-13-19-16(12-32(30-19)22-18(26)4-3-7-29-22)11-31-8-5-23(6-9-31)21-17(10-20(25)35-21)24(27,28)14-34-23;5-1(3(7)8)2(6)4(9)10/h3-4,7,10,12,15H,5-6,8-9,11,13-14H2,1-2H3;1-2,5-6H,(H,7,8)(H,9,10)/t;1-,2-/m.1/s1. The number of likely N-dealkylation sites (tertiary alicyclic amines) is 1. The number of hydrogen-bond donors (Lipinski definition) is 4. The fourth-order valence-electron chi connectivity index (χ4n) is 4.90.